The Kier molecular flexibility index (Phi) is 7.09. The highest BCUT2D eigenvalue weighted by Gasteiger charge is 2.32. The Bertz CT molecular complexity index is 1060. The molecule has 9 nitrogen and oxygen atoms in total. The number of imidazole rings is 1. The molecule has 0 spiro atoms. The van der Waals surface area contributed by atoms with E-state index >= 15 is 0 Å². The topological polar surface area (TPSA) is 109 Å². The van der Waals surface area contributed by atoms with Crippen molar-refractivity contribution in [3.8, 4) is 0 Å². The summed E-state index contributed by atoms with van der Waals surface area (Å²) in [6, 6.07) is 1.20. The van der Waals surface area contributed by atoms with E-state index in [1.54, 1.807) is 0 Å². The maximum Gasteiger partial charge on any atom is 0.227 e. The zero-order valence-corrected chi connectivity index (χ0v) is 22.3. The second-order valence-electron chi connectivity index (χ2n) is 11.5. The minimum atomic E-state index is 0.0791. The van der Waals surface area contributed by atoms with Gasteiger partial charge in [0.25, 0.3) is 0 Å². The fourth-order valence-electron chi connectivity index (χ4n) is 6.49. The van der Waals surface area contributed by atoms with Crippen LogP contribution >= 0.6 is 11.8 Å². The molecule has 0 amide bonds. The van der Waals surface area contributed by atoms with Crippen LogP contribution in [0.5, 0.6) is 0 Å². The molecule has 2 saturated carbocycles. The fourth-order valence-corrected chi connectivity index (χ4v) is 7.50. The lowest BCUT2D eigenvalue weighted by Gasteiger charge is -2.35. The van der Waals surface area contributed by atoms with Crippen molar-refractivity contribution in [2.75, 3.05) is 29.6 Å². The average molecular weight is 512 g/mol. The lowest BCUT2D eigenvalue weighted by Crippen LogP contribution is -2.39. The molecular weight excluding hydrogens is 470 g/mol. The maximum atomic E-state index is 6.14. The summed E-state index contributed by atoms with van der Waals surface area (Å²) in [5.41, 5.74) is 11.6. The van der Waals surface area contributed by atoms with Gasteiger partial charge in [-0.05, 0) is 70.6 Å². The highest BCUT2D eigenvalue weighted by atomic mass is 32.2. The Hall–Kier alpha value is -1.91. The molecule has 2 aliphatic heterocycles. The zero-order valence-electron chi connectivity index (χ0n) is 21.5. The van der Waals surface area contributed by atoms with E-state index < -0.39 is 0 Å². The first-order valence-corrected chi connectivity index (χ1v) is 15.0. The molecule has 10 heteroatoms. The van der Waals surface area contributed by atoms with Crippen LogP contribution in [0.15, 0.2) is 11.3 Å². The highest BCUT2D eigenvalue weighted by Crippen LogP contribution is 2.39. The standard InChI is InChI=1S/C26H41N9S/c1-26(29-12-15-36-26)16-18-10-13-34(14-11-18)33-23-22-24(35(17-28-22)21-4-2-3-5-21)32-25(31-23)30-20-8-6-19(27)7-9-20/h12,17-21H,2-11,13-16,27H2,1H3,(H2,30,31,32,33). The van der Waals surface area contributed by atoms with Gasteiger partial charge in [0.1, 0.15) is 4.87 Å². The number of rotatable bonds is 7. The van der Waals surface area contributed by atoms with Gasteiger partial charge in [0.15, 0.2) is 17.0 Å². The first kappa shape index (κ1) is 24.4. The fraction of sp³-hybridized carbons (Fsp3) is 0.769. The van der Waals surface area contributed by atoms with E-state index in [0.29, 0.717) is 24.1 Å². The second kappa shape index (κ2) is 10.5. The highest BCUT2D eigenvalue weighted by molar-refractivity contribution is 8.01. The number of nitrogens with one attached hydrogen (secondary N) is 2. The molecule has 1 saturated heterocycles. The first-order valence-electron chi connectivity index (χ1n) is 14.0. The summed E-state index contributed by atoms with van der Waals surface area (Å²) in [4.78, 5) is 19.6. The predicted octanol–water partition coefficient (Wildman–Crippen LogP) is 4.59. The molecule has 2 aromatic heterocycles. The van der Waals surface area contributed by atoms with Crippen LogP contribution in [0.2, 0.25) is 0 Å². The maximum absolute atomic E-state index is 6.14. The number of hydrogen-bond donors (Lipinski definition) is 3. The van der Waals surface area contributed by atoms with E-state index in [0.717, 1.165) is 67.4 Å². The van der Waals surface area contributed by atoms with Crippen molar-refractivity contribution in [3.05, 3.63) is 6.33 Å². The third-order valence-corrected chi connectivity index (χ3v) is 9.83. The second-order valence-corrected chi connectivity index (χ2v) is 13.0. The van der Waals surface area contributed by atoms with Gasteiger partial charge in [-0.25, -0.2) is 9.99 Å². The third-order valence-electron chi connectivity index (χ3n) is 8.62. The summed E-state index contributed by atoms with van der Waals surface area (Å²) in [6.45, 7) is 4.30. The Labute approximate surface area is 218 Å². The van der Waals surface area contributed by atoms with Crippen LogP contribution < -0.4 is 16.5 Å². The van der Waals surface area contributed by atoms with E-state index in [4.69, 9.17) is 25.7 Å². The van der Waals surface area contributed by atoms with Crippen LogP contribution in [0, 0.1) is 5.92 Å². The summed E-state index contributed by atoms with van der Waals surface area (Å²) >= 11 is 1.98. The van der Waals surface area contributed by atoms with Gasteiger partial charge in [0.05, 0.1) is 6.33 Å². The largest absolute Gasteiger partial charge is 0.351 e. The number of aliphatic imine (C=N–C) groups is 1. The van der Waals surface area contributed by atoms with Gasteiger partial charge in [-0.15, -0.1) is 11.8 Å². The van der Waals surface area contributed by atoms with Gasteiger partial charge in [0, 0.05) is 43.2 Å². The number of nitrogens with two attached hydrogens (primary N) is 1. The van der Waals surface area contributed by atoms with Gasteiger partial charge in [-0.3, -0.25) is 4.99 Å². The number of fused-ring (bicyclic) bond motifs is 1. The molecule has 0 radical (unpaired) electrons. The molecule has 4 aliphatic rings. The summed E-state index contributed by atoms with van der Waals surface area (Å²) in [7, 11) is 0. The van der Waals surface area contributed by atoms with Crippen LogP contribution in [0.3, 0.4) is 0 Å². The van der Waals surface area contributed by atoms with Crippen LogP contribution in [0.4, 0.5) is 11.8 Å². The van der Waals surface area contributed by atoms with Gasteiger partial charge >= 0.3 is 0 Å². The number of aromatic nitrogens is 4. The molecule has 4 heterocycles. The Morgan fingerprint density at radius 1 is 1.06 bits per heavy atom. The van der Waals surface area contributed by atoms with Crippen molar-refractivity contribution in [1.29, 1.82) is 0 Å². The smallest absolute Gasteiger partial charge is 0.227 e. The van der Waals surface area contributed by atoms with Crippen LogP contribution in [0.1, 0.15) is 83.6 Å². The third kappa shape index (κ3) is 5.36. The Morgan fingerprint density at radius 2 is 1.83 bits per heavy atom. The molecule has 4 N–H and O–H groups in total. The van der Waals surface area contributed by atoms with E-state index in [2.05, 4.69) is 33.5 Å². The van der Waals surface area contributed by atoms with Crippen LogP contribution in [0.25, 0.3) is 11.2 Å². The SMILES string of the molecule is CC1(CC2CCN(Nc3nc(NC4CCC(N)CC4)nc4c3ncn4C3CCCC3)CC2)N=CCS1. The number of thioether (sulfide) groups is 1. The first-order chi connectivity index (χ1) is 17.5. The van der Waals surface area contributed by atoms with E-state index in [9.17, 15) is 0 Å². The monoisotopic (exact) mass is 511 g/mol. The van der Waals surface area contributed by atoms with E-state index in [1.165, 1.54) is 44.9 Å². The summed E-state index contributed by atoms with van der Waals surface area (Å²) in [5, 5.41) is 5.96. The van der Waals surface area contributed by atoms with Gasteiger partial charge in [-0.2, -0.15) is 9.97 Å². The molecule has 1 unspecified atom stereocenters. The molecule has 0 aromatic carbocycles. The van der Waals surface area contributed by atoms with Crippen molar-refractivity contribution < 1.29 is 0 Å². The van der Waals surface area contributed by atoms with Crippen LogP contribution in [-0.4, -0.2) is 66.5 Å². The Morgan fingerprint density at radius 3 is 2.56 bits per heavy atom. The quantitative estimate of drug-likeness (QED) is 0.495. The summed E-state index contributed by atoms with van der Waals surface area (Å²) < 4.78 is 2.30. The van der Waals surface area contributed by atoms with Crippen molar-refractivity contribution in [2.24, 2.45) is 16.6 Å². The van der Waals surface area contributed by atoms with Crippen molar-refractivity contribution >= 4 is 40.9 Å². The normalized spacial score (nSPS) is 30.4. The molecule has 6 rings (SSSR count). The molecular formula is C26H41N9S. The zero-order chi connectivity index (χ0) is 24.5. The van der Waals surface area contributed by atoms with Gasteiger partial charge < -0.3 is 21.0 Å². The minimum absolute atomic E-state index is 0.0791. The van der Waals surface area contributed by atoms with E-state index in [1.807, 2.05) is 18.1 Å². The molecule has 36 heavy (non-hydrogen) atoms. The number of piperidine rings is 1. The number of anilines is 2. The average Bonchev–Trinajstić information content (AvgIpc) is 3.63. The van der Waals surface area contributed by atoms with Crippen molar-refractivity contribution in [2.45, 2.75) is 101 Å². The van der Waals surface area contributed by atoms with Crippen LogP contribution in [-0.2, 0) is 0 Å². The summed E-state index contributed by atoms with van der Waals surface area (Å²) in [6.07, 6.45) is 16.8. The number of nitrogens with zero attached hydrogens (tertiary/aromatic N) is 6. The van der Waals surface area contributed by atoms with Gasteiger partial charge in [0.2, 0.25) is 5.95 Å². The molecule has 2 aromatic rings. The molecule has 2 aliphatic carbocycles. The van der Waals surface area contributed by atoms with Crippen molar-refractivity contribution in [1.82, 2.24) is 24.5 Å². The van der Waals surface area contributed by atoms with E-state index in [-0.39, 0.29) is 4.87 Å². The molecule has 0 bridgehead atoms. The molecule has 196 valence electrons. The Balaban J connectivity index is 1.18. The lowest BCUT2D eigenvalue weighted by molar-refractivity contribution is 0.202. The molecule has 1 atom stereocenters. The summed E-state index contributed by atoms with van der Waals surface area (Å²) in [5.74, 6) is 3.31. The molecule has 3 fully saturated rings. The predicted molar refractivity (Wildman–Crippen MR) is 149 cm³/mol. The van der Waals surface area contributed by atoms with Crippen molar-refractivity contribution in [3.63, 3.8) is 0 Å². The number of hydrazine groups is 1. The number of hydrogen-bond acceptors (Lipinski definition) is 9. The lowest BCUT2D eigenvalue weighted by atomic mass is 9.91. The minimum Gasteiger partial charge on any atom is -0.351 e. The van der Waals surface area contributed by atoms with Gasteiger partial charge in [-0.1, -0.05) is 12.8 Å².